The van der Waals surface area contributed by atoms with E-state index in [2.05, 4.69) is 11.7 Å². The van der Waals surface area contributed by atoms with Crippen molar-refractivity contribution in [2.75, 3.05) is 20.7 Å². The van der Waals surface area contributed by atoms with E-state index >= 15 is 0 Å². The van der Waals surface area contributed by atoms with E-state index in [0.717, 1.165) is 31.6 Å². The summed E-state index contributed by atoms with van der Waals surface area (Å²) in [6.07, 6.45) is 4.13. The molecule has 0 aromatic heterocycles. The van der Waals surface area contributed by atoms with Crippen LogP contribution in [-0.4, -0.2) is 37.5 Å². The Morgan fingerprint density at radius 2 is 1.81 bits per heavy atom. The van der Waals surface area contributed by atoms with Crippen LogP contribution in [0.25, 0.3) is 0 Å². The number of ether oxygens (including phenoxy) is 1. The van der Waals surface area contributed by atoms with Crippen LogP contribution in [-0.2, 0) is 14.3 Å². The number of rotatable bonds is 3. The molecular weight excluding hydrogens is 206 g/mol. The quantitative estimate of drug-likeness (QED) is 0.685. The molecule has 0 spiro atoms. The van der Waals surface area contributed by atoms with Crippen LogP contribution in [0, 0.1) is 11.8 Å². The summed E-state index contributed by atoms with van der Waals surface area (Å²) in [4.78, 5) is 24.5. The van der Waals surface area contributed by atoms with Gasteiger partial charge in [-0.15, -0.1) is 0 Å². The fourth-order valence-electron chi connectivity index (χ4n) is 2.15. The zero-order valence-electron chi connectivity index (χ0n) is 10.4. The van der Waals surface area contributed by atoms with Crippen LogP contribution in [0.5, 0.6) is 0 Å². The SMILES string of the molecule is COC(=O)CN(C)C(=O)C1CCC(C)CC1. The lowest BCUT2D eigenvalue weighted by Gasteiger charge is -2.28. The normalized spacial score (nSPS) is 24.9. The molecule has 0 heterocycles. The number of carbonyl (C=O) groups excluding carboxylic acids is 2. The molecule has 4 heteroatoms. The first-order valence-corrected chi connectivity index (χ1v) is 5.86. The number of esters is 1. The Kier molecular flexibility index (Phi) is 4.77. The van der Waals surface area contributed by atoms with Crippen LogP contribution in [0.1, 0.15) is 32.6 Å². The van der Waals surface area contributed by atoms with Crippen molar-refractivity contribution in [1.82, 2.24) is 4.90 Å². The fraction of sp³-hybridized carbons (Fsp3) is 0.833. The predicted octanol–water partition coefficient (Wildman–Crippen LogP) is 1.44. The summed E-state index contributed by atoms with van der Waals surface area (Å²) in [5, 5.41) is 0. The monoisotopic (exact) mass is 227 g/mol. The van der Waals surface area contributed by atoms with Gasteiger partial charge in [0.15, 0.2) is 0 Å². The molecule has 4 nitrogen and oxygen atoms in total. The molecule has 0 atom stereocenters. The number of amides is 1. The van der Waals surface area contributed by atoms with Gasteiger partial charge in [0.05, 0.1) is 7.11 Å². The highest BCUT2D eigenvalue weighted by Crippen LogP contribution is 2.29. The van der Waals surface area contributed by atoms with Crippen molar-refractivity contribution in [2.24, 2.45) is 11.8 Å². The molecule has 0 N–H and O–H groups in total. The number of carbonyl (C=O) groups is 2. The van der Waals surface area contributed by atoms with Gasteiger partial charge < -0.3 is 9.64 Å². The zero-order valence-corrected chi connectivity index (χ0v) is 10.4. The smallest absolute Gasteiger partial charge is 0.325 e. The Morgan fingerprint density at radius 3 is 2.31 bits per heavy atom. The van der Waals surface area contributed by atoms with Crippen LogP contribution in [0.3, 0.4) is 0 Å². The summed E-state index contributed by atoms with van der Waals surface area (Å²) < 4.78 is 4.54. The molecule has 1 aliphatic rings. The minimum Gasteiger partial charge on any atom is -0.468 e. The minimum absolute atomic E-state index is 0.0569. The van der Waals surface area contributed by atoms with E-state index in [-0.39, 0.29) is 24.3 Å². The minimum atomic E-state index is -0.361. The van der Waals surface area contributed by atoms with Crippen LogP contribution >= 0.6 is 0 Å². The summed E-state index contributed by atoms with van der Waals surface area (Å²) in [7, 11) is 3.00. The molecule has 16 heavy (non-hydrogen) atoms. The maximum Gasteiger partial charge on any atom is 0.325 e. The first kappa shape index (κ1) is 13.0. The van der Waals surface area contributed by atoms with Gasteiger partial charge in [0.25, 0.3) is 0 Å². The number of likely N-dealkylation sites (N-methyl/N-ethyl adjacent to an activating group) is 1. The number of methoxy groups -OCH3 is 1. The molecular formula is C12H21NO3. The Hall–Kier alpha value is -1.06. The molecule has 1 amide bonds. The zero-order chi connectivity index (χ0) is 12.1. The largest absolute Gasteiger partial charge is 0.468 e. The molecule has 1 rings (SSSR count). The second-order valence-electron chi connectivity index (χ2n) is 4.73. The summed E-state index contributed by atoms with van der Waals surface area (Å²) in [5.41, 5.74) is 0. The summed E-state index contributed by atoms with van der Waals surface area (Å²) in [6.45, 7) is 2.28. The summed E-state index contributed by atoms with van der Waals surface area (Å²) in [6, 6.07) is 0. The van der Waals surface area contributed by atoms with Gasteiger partial charge in [-0.1, -0.05) is 6.92 Å². The standard InChI is InChI=1S/C12H21NO3/c1-9-4-6-10(7-5-9)12(15)13(2)8-11(14)16-3/h9-10H,4-8H2,1-3H3. The average Bonchev–Trinajstić information content (AvgIpc) is 2.28. The van der Waals surface area contributed by atoms with Gasteiger partial charge in [0, 0.05) is 13.0 Å². The third-order valence-corrected chi connectivity index (χ3v) is 3.34. The van der Waals surface area contributed by atoms with Crippen LogP contribution < -0.4 is 0 Å². The van der Waals surface area contributed by atoms with Gasteiger partial charge in [-0.3, -0.25) is 9.59 Å². The molecule has 92 valence electrons. The van der Waals surface area contributed by atoms with Crippen molar-refractivity contribution in [3.63, 3.8) is 0 Å². The van der Waals surface area contributed by atoms with Gasteiger partial charge in [-0.2, -0.15) is 0 Å². The third kappa shape index (κ3) is 3.51. The van der Waals surface area contributed by atoms with Gasteiger partial charge in [-0.25, -0.2) is 0 Å². The maximum absolute atomic E-state index is 12.0. The average molecular weight is 227 g/mol. The number of hydrogen-bond donors (Lipinski definition) is 0. The molecule has 1 fully saturated rings. The molecule has 0 unspecified atom stereocenters. The van der Waals surface area contributed by atoms with Crippen molar-refractivity contribution in [2.45, 2.75) is 32.6 Å². The molecule has 0 aliphatic heterocycles. The highest BCUT2D eigenvalue weighted by atomic mass is 16.5. The Morgan fingerprint density at radius 1 is 1.25 bits per heavy atom. The molecule has 1 aliphatic carbocycles. The van der Waals surface area contributed by atoms with Crippen molar-refractivity contribution in [3.8, 4) is 0 Å². The first-order chi connectivity index (χ1) is 7.54. The van der Waals surface area contributed by atoms with Crippen LogP contribution in [0.15, 0.2) is 0 Å². The van der Waals surface area contributed by atoms with Crippen molar-refractivity contribution >= 4 is 11.9 Å². The van der Waals surface area contributed by atoms with Crippen molar-refractivity contribution in [1.29, 1.82) is 0 Å². The van der Waals surface area contributed by atoms with Gasteiger partial charge >= 0.3 is 5.97 Å². The van der Waals surface area contributed by atoms with E-state index in [0.29, 0.717) is 0 Å². The summed E-state index contributed by atoms with van der Waals surface area (Å²) >= 11 is 0. The van der Waals surface area contributed by atoms with Crippen LogP contribution in [0.4, 0.5) is 0 Å². The van der Waals surface area contributed by atoms with Crippen molar-refractivity contribution < 1.29 is 14.3 Å². The highest BCUT2D eigenvalue weighted by molar-refractivity contribution is 5.83. The van der Waals surface area contributed by atoms with E-state index in [1.54, 1.807) is 7.05 Å². The Balaban J connectivity index is 2.41. The highest BCUT2D eigenvalue weighted by Gasteiger charge is 2.27. The lowest BCUT2D eigenvalue weighted by molar-refractivity contribution is -0.148. The molecule has 0 saturated heterocycles. The van der Waals surface area contributed by atoms with E-state index in [9.17, 15) is 9.59 Å². The Labute approximate surface area is 96.9 Å². The van der Waals surface area contributed by atoms with Crippen LogP contribution in [0.2, 0.25) is 0 Å². The first-order valence-electron chi connectivity index (χ1n) is 5.86. The van der Waals surface area contributed by atoms with E-state index < -0.39 is 0 Å². The molecule has 0 bridgehead atoms. The van der Waals surface area contributed by atoms with Gasteiger partial charge in [0.2, 0.25) is 5.91 Å². The second kappa shape index (κ2) is 5.87. The summed E-state index contributed by atoms with van der Waals surface area (Å²) in [5.74, 6) is 0.554. The lowest BCUT2D eigenvalue weighted by atomic mass is 9.82. The number of nitrogens with zero attached hydrogens (tertiary/aromatic N) is 1. The van der Waals surface area contributed by atoms with E-state index in [1.165, 1.54) is 12.0 Å². The molecule has 0 aromatic rings. The fourth-order valence-corrected chi connectivity index (χ4v) is 2.15. The third-order valence-electron chi connectivity index (χ3n) is 3.34. The molecule has 1 saturated carbocycles. The topological polar surface area (TPSA) is 46.6 Å². The molecule has 0 aromatic carbocycles. The van der Waals surface area contributed by atoms with Crippen molar-refractivity contribution in [3.05, 3.63) is 0 Å². The predicted molar refractivity (Wildman–Crippen MR) is 60.8 cm³/mol. The van der Waals surface area contributed by atoms with E-state index in [4.69, 9.17) is 0 Å². The van der Waals surface area contributed by atoms with Gasteiger partial charge in [0.1, 0.15) is 6.54 Å². The van der Waals surface area contributed by atoms with E-state index in [1.807, 2.05) is 0 Å². The molecule has 0 radical (unpaired) electrons. The second-order valence-corrected chi connectivity index (χ2v) is 4.73. The Bertz CT molecular complexity index is 257. The maximum atomic E-state index is 12.0. The van der Waals surface area contributed by atoms with Gasteiger partial charge in [-0.05, 0) is 31.6 Å². The number of hydrogen-bond acceptors (Lipinski definition) is 3. The lowest BCUT2D eigenvalue weighted by Crippen LogP contribution is -2.38.